The first-order valence-electron chi connectivity index (χ1n) is 5.47. The van der Waals surface area contributed by atoms with Crippen molar-refractivity contribution in [2.24, 2.45) is 12.8 Å². The summed E-state index contributed by atoms with van der Waals surface area (Å²) >= 11 is 0. The summed E-state index contributed by atoms with van der Waals surface area (Å²) in [7, 11) is 1.65. The standard InChI is InChI=1S/C12H12F3N3O/c1-18-7-9(6-17-18)19-11-3-2-8(5-16)4-10(11)12(13,14)15/h2-4,6-7H,5,16H2,1H3. The first-order valence-corrected chi connectivity index (χ1v) is 5.47. The molecule has 102 valence electrons. The Morgan fingerprint density at radius 1 is 1.37 bits per heavy atom. The Morgan fingerprint density at radius 2 is 2.11 bits per heavy atom. The molecular weight excluding hydrogens is 259 g/mol. The van der Waals surface area contributed by atoms with Crippen molar-refractivity contribution in [1.82, 2.24) is 9.78 Å². The zero-order valence-electron chi connectivity index (χ0n) is 10.1. The van der Waals surface area contributed by atoms with E-state index in [1.54, 1.807) is 7.05 Å². The number of alkyl halides is 3. The molecular formula is C12H12F3N3O. The van der Waals surface area contributed by atoms with Gasteiger partial charge in [-0.25, -0.2) is 0 Å². The van der Waals surface area contributed by atoms with Gasteiger partial charge in [0.2, 0.25) is 0 Å². The Kier molecular flexibility index (Phi) is 3.48. The lowest BCUT2D eigenvalue weighted by atomic mass is 10.1. The molecule has 0 amide bonds. The fourth-order valence-electron chi connectivity index (χ4n) is 1.59. The molecule has 0 aliphatic heterocycles. The number of rotatable bonds is 3. The van der Waals surface area contributed by atoms with E-state index in [0.29, 0.717) is 5.56 Å². The van der Waals surface area contributed by atoms with Crippen molar-refractivity contribution >= 4 is 0 Å². The molecule has 0 saturated carbocycles. The van der Waals surface area contributed by atoms with Gasteiger partial charge in [0.15, 0.2) is 5.75 Å². The number of nitrogens with zero attached hydrogens (tertiary/aromatic N) is 2. The molecule has 0 bridgehead atoms. The Morgan fingerprint density at radius 3 is 2.63 bits per heavy atom. The van der Waals surface area contributed by atoms with E-state index in [-0.39, 0.29) is 18.0 Å². The number of aryl methyl sites for hydroxylation is 1. The van der Waals surface area contributed by atoms with E-state index in [1.165, 1.54) is 29.2 Å². The molecule has 2 rings (SSSR count). The van der Waals surface area contributed by atoms with Crippen LogP contribution in [0.2, 0.25) is 0 Å². The monoisotopic (exact) mass is 271 g/mol. The molecule has 0 aliphatic rings. The van der Waals surface area contributed by atoms with Crippen molar-refractivity contribution in [2.75, 3.05) is 0 Å². The Labute approximate surface area is 107 Å². The average Bonchev–Trinajstić information content (AvgIpc) is 2.74. The minimum atomic E-state index is -4.50. The molecule has 4 nitrogen and oxygen atoms in total. The molecule has 0 unspecified atom stereocenters. The lowest BCUT2D eigenvalue weighted by molar-refractivity contribution is -0.138. The van der Waals surface area contributed by atoms with Gasteiger partial charge in [0.25, 0.3) is 0 Å². The Hall–Kier alpha value is -2.02. The quantitative estimate of drug-likeness (QED) is 0.933. The number of ether oxygens (including phenoxy) is 1. The number of hydrogen-bond donors (Lipinski definition) is 1. The number of halogens is 3. The van der Waals surface area contributed by atoms with Gasteiger partial charge in [-0.3, -0.25) is 4.68 Å². The maximum Gasteiger partial charge on any atom is 0.419 e. The van der Waals surface area contributed by atoms with Crippen LogP contribution in [-0.4, -0.2) is 9.78 Å². The second kappa shape index (κ2) is 4.93. The van der Waals surface area contributed by atoms with Crippen molar-refractivity contribution in [1.29, 1.82) is 0 Å². The van der Waals surface area contributed by atoms with Gasteiger partial charge in [-0.1, -0.05) is 6.07 Å². The van der Waals surface area contributed by atoms with E-state index in [4.69, 9.17) is 10.5 Å². The molecule has 0 spiro atoms. The molecule has 0 atom stereocenters. The first kappa shape index (κ1) is 13.4. The summed E-state index contributed by atoms with van der Waals surface area (Å²) in [5.74, 6) is -0.0220. The van der Waals surface area contributed by atoms with Gasteiger partial charge < -0.3 is 10.5 Å². The fraction of sp³-hybridized carbons (Fsp3) is 0.250. The number of hydrogen-bond acceptors (Lipinski definition) is 3. The van der Waals surface area contributed by atoms with Crippen molar-refractivity contribution in [3.8, 4) is 11.5 Å². The third-order valence-electron chi connectivity index (χ3n) is 2.49. The number of benzene rings is 1. The summed E-state index contributed by atoms with van der Waals surface area (Å²) in [5.41, 5.74) is 4.89. The largest absolute Gasteiger partial charge is 0.453 e. The highest BCUT2D eigenvalue weighted by atomic mass is 19.4. The van der Waals surface area contributed by atoms with Gasteiger partial charge in [-0.05, 0) is 17.7 Å². The highest BCUT2D eigenvalue weighted by Gasteiger charge is 2.34. The van der Waals surface area contributed by atoms with E-state index in [9.17, 15) is 13.2 Å². The van der Waals surface area contributed by atoms with Gasteiger partial charge in [0, 0.05) is 13.6 Å². The SMILES string of the molecule is Cn1cc(Oc2ccc(CN)cc2C(F)(F)F)cn1. The van der Waals surface area contributed by atoms with Crippen LogP contribution < -0.4 is 10.5 Å². The third kappa shape index (κ3) is 3.05. The fourth-order valence-corrected chi connectivity index (χ4v) is 1.59. The minimum Gasteiger partial charge on any atom is -0.453 e. The summed E-state index contributed by atoms with van der Waals surface area (Å²) in [6.45, 7) is 0.0379. The molecule has 2 aromatic rings. The first-order chi connectivity index (χ1) is 8.90. The van der Waals surface area contributed by atoms with Crippen LogP contribution in [0.3, 0.4) is 0 Å². The van der Waals surface area contributed by atoms with Crippen LogP contribution >= 0.6 is 0 Å². The molecule has 0 radical (unpaired) electrons. The molecule has 0 saturated heterocycles. The third-order valence-corrected chi connectivity index (χ3v) is 2.49. The van der Waals surface area contributed by atoms with Crippen molar-refractivity contribution < 1.29 is 17.9 Å². The zero-order chi connectivity index (χ0) is 14.0. The molecule has 1 aromatic carbocycles. The predicted molar refractivity (Wildman–Crippen MR) is 62.6 cm³/mol. The molecule has 0 aliphatic carbocycles. The molecule has 0 fully saturated rings. The predicted octanol–water partition coefficient (Wildman–Crippen LogP) is 2.69. The van der Waals surface area contributed by atoms with E-state index in [0.717, 1.165) is 6.07 Å². The average molecular weight is 271 g/mol. The van der Waals surface area contributed by atoms with Gasteiger partial charge in [-0.2, -0.15) is 18.3 Å². The number of aromatic nitrogens is 2. The van der Waals surface area contributed by atoms with Gasteiger partial charge >= 0.3 is 6.18 Å². The second-order valence-electron chi connectivity index (χ2n) is 3.98. The van der Waals surface area contributed by atoms with Crippen molar-refractivity contribution in [2.45, 2.75) is 12.7 Å². The summed E-state index contributed by atoms with van der Waals surface area (Å²) in [4.78, 5) is 0. The molecule has 1 heterocycles. The van der Waals surface area contributed by atoms with Gasteiger partial charge in [0.1, 0.15) is 5.75 Å². The minimum absolute atomic E-state index is 0.0379. The van der Waals surface area contributed by atoms with Gasteiger partial charge in [-0.15, -0.1) is 0 Å². The van der Waals surface area contributed by atoms with E-state index < -0.39 is 11.7 Å². The Balaban J connectivity index is 2.39. The Bertz CT molecular complexity index is 578. The molecule has 7 heteroatoms. The highest BCUT2D eigenvalue weighted by Crippen LogP contribution is 2.38. The summed E-state index contributed by atoms with van der Waals surface area (Å²) < 4.78 is 45.4. The van der Waals surface area contributed by atoms with E-state index >= 15 is 0 Å². The number of nitrogens with two attached hydrogens (primary N) is 1. The van der Waals surface area contributed by atoms with Crippen LogP contribution in [0.5, 0.6) is 11.5 Å². The smallest absolute Gasteiger partial charge is 0.419 e. The van der Waals surface area contributed by atoms with E-state index in [1.807, 2.05) is 0 Å². The normalized spacial score (nSPS) is 11.6. The molecule has 19 heavy (non-hydrogen) atoms. The maximum atomic E-state index is 12.9. The summed E-state index contributed by atoms with van der Waals surface area (Å²) in [5, 5.41) is 3.83. The van der Waals surface area contributed by atoms with Gasteiger partial charge in [0.05, 0.1) is 18.0 Å². The van der Waals surface area contributed by atoms with Crippen LogP contribution in [0, 0.1) is 0 Å². The van der Waals surface area contributed by atoms with Crippen LogP contribution in [0.1, 0.15) is 11.1 Å². The second-order valence-corrected chi connectivity index (χ2v) is 3.98. The topological polar surface area (TPSA) is 53.1 Å². The van der Waals surface area contributed by atoms with Crippen molar-refractivity contribution in [3.63, 3.8) is 0 Å². The molecule has 1 aromatic heterocycles. The summed E-state index contributed by atoms with van der Waals surface area (Å²) in [6.07, 6.45) is -1.67. The van der Waals surface area contributed by atoms with Crippen LogP contribution in [0.4, 0.5) is 13.2 Å². The van der Waals surface area contributed by atoms with Crippen LogP contribution in [0.15, 0.2) is 30.6 Å². The molecule has 2 N–H and O–H groups in total. The zero-order valence-corrected chi connectivity index (χ0v) is 10.1. The summed E-state index contributed by atoms with van der Waals surface area (Å²) in [6, 6.07) is 3.75. The maximum absolute atomic E-state index is 12.9. The van der Waals surface area contributed by atoms with Crippen molar-refractivity contribution in [3.05, 3.63) is 41.7 Å². The lowest BCUT2D eigenvalue weighted by Crippen LogP contribution is -2.09. The van der Waals surface area contributed by atoms with Crippen LogP contribution in [0.25, 0.3) is 0 Å². The van der Waals surface area contributed by atoms with E-state index in [2.05, 4.69) is 5.10 Å². The lowest BCUT2D eigenvalue weighted by Gasteiger charge is -2.13. The van der Waals surface area contributed by atoms with Crippen LogP contribution in [-0.2, 0) is 19.8 Å². The highest BCUT2D eigenvalue weighted by molar-refractivity contribution is 5.41.